The Balaban J connectivity index is 1.37. The number of nitrogens with zero attached hydrogens (tertiary/aromatic N) is 3. The van der Waals surface area contributed by atoms with Crippen molar-refractivity contribution in [2.24, 2.45) is 11.8 Å². The number of fused-ring (bicyclic) bond motifs is 1. The highest BCUT2D eigenvalue weighted by Gasteiger charge is 2.45. The molecule has 0 saturated carbocycles. The van der Waals surface area contributed by atoms with Gasteiger partial charge in [-0.05, 0) is 49.4 Å². The molecule has 2 aliphatic heterocycles. The standard InChI is InChI=1S/C26H35F3N4O3S2/c1-5-38(35,36)19-9-6-17(7-10-19)12-22(34)30-25-31-23-20(37-25)15-33(24(23)16(2)3)14-18-8-11-21(26(27,28)29)32(4)13-18/h6-7,9-10,16,18,21,24H,5,8,11-15H2,1-4H3,(H,30,31,34)/t18-,21?,24?/m0/s1. The fourth-order valence-electron chi connectivity index (χ4n) is 5.60. The van der Waals surface area contributed by atoms with Crippen molar-refractivity contribution >= 4 is 32.2 Å². The van der Waals surface area contributed by atoms with Crippen molar-refractivity contribution in [1.82, 2.24) is 14.8 Å². The van der Waals surface area contributed by atoms with Crippen LogP contribution in [0.2, 0.25) is 0 Å². The first-order chi connectivity index (χ1) is 17.8. The third-order valence-electron chi connectivity index (χ3n) is 7.45. The first-order valence-corrected chi connectivity index (χ1v) is 15.4. The molecule has 3 atom stereocenters. The maximum Gasteiger partial charge on any atom is 0.404 e. The number of anilines is 1. The molecule has 38 heavy (non-hydrogen) atoms. The Morgan fingerprint density at radius 2 is 1.89 bits per heavy atom. The number of aromatic nitrogens is 1. The summed E-state index contributed by atoms with van der Waals surface area (Å²) in [5.41, 5.74) is 1.64. The molecule has 0 radical (unpaired) electrons. The normalized spacial score (nSPS) is 23.1. The van der Waals surface area contributed by atoms with E-state index in [1.54, 1.807) is 26.1 Å². The number of nitrogens with one attached hydrogen (secondary N) is 1. The second kappa shape index (κ2) is 11.2. The number of halogens is 3. The summed E-state index contributed by atoms with van der Waals surface area (Å²) in [4.78, 5) is 22.5. The highest BCUT2D eigenvalue weighted by molar-refractivity contribution is 7.91. The molecule has 4 rings (SSSR count). The van der Waals surface area contributed by atoms with Crippen molar-refractivity contribution in [1.29, 1.82) is 0 Å². The van der Waals surface area contributed by atoms with Gasteiger partial charge in [-0.3, -0.25) is 14.6 Å². The lowest BCUT2D eigenvalue weighted by atomic mass is 9.91. The van der Waals surface area contributed by atoms with Crippen LogP contribution in [0, 0.1) is 11.8 Å². The summed E-state index contributed by atoms with van der Waals surface area (Å²) in [6.45, 7) is 7.61. The number of amides is 1. The SMILES string of the molecule is CCS(=O)(=O)c1ccc(CC(=O)Nc2nc3c(s2)CN(C[C@H]2CCC(C(F)(F)F)N(C)C2)C3C(C)C)cc1. The van der Waals surface area contributed by atoms with Crippen LogP contribution in [0.4, 0.5) is 18.3 Å². The van der Waals surface area contributed by atoms with Crippen molar-refractivity contribution in [2.45, 2.75) is 69.7 Å². The van der Waals surface area contributed by atoms with Gasteiger partial charge in [-0.2, -0.15) is 13.2 Å². The monoisotopic (exact) mass is 572 g/mol. The summed E-state index contributed by atoms with van der Waals surface area (Å²) in [7, 11) is -1.73. The smallest absolute Gasteiger partial charge is 0.302 e. The fraction of sp³-hybridized carbons (Fsp3) is 0.615. The molecule has 1 aromatic carbocycles. The molecule has 3 heterocycles. The van der Waals surface area contributed by atoms with E-state index in [-0.39, 0.29) is 47.3 Å². The van der Waals surface area contributed by atoms with Crippen molar-refractivity contribution < 1.29 is 26.4 Å². The predicted octanol–water partition coefficient (Wildman–Crippen LogP) is 4.90. The zero-order chi connectivity index (χ0) is 27.8. The van der Waals surface area contributed by atoms with Gasteiger partial charge in [0.1, 0.15) is 6.04 Å². The number of hydrogen-bond acceptors (Lipinski definition) is 7. The molecule has 7 nitrogen and oxygen atoms in total. The Bertz CT molecular complexity index is 1250. The third-order valence-corrected chi connectivity index (χ3v) is 10.2. The molecular weight excluding hydrogens is 537 g/mol. The average molecular weight is 573 g/mol. The molecule has 0 bridgehead atoms. The van der Waals surface area contributed by atoms with Crippen molar-refractivity contribution in [3.8, 4) is 0 Å². The Labute approximate surface area is 226 Å². The molecule has 0 spiro atoms. The van der Waals surface area contributed by atoms with Crippen LogP contribution in [-0.4, -0.2) is 67.2 Å². The topological polar surface area (TPSA) is 82.6 Å². The molecule has 2 aromatic rings. The lowest BCUT2D eigenvalue weighted by Gasteiger charge is -2.40. The van der Waals surface area contributed by atoms with Crippen LogP contribution in [0.5, 0.6) is 0 Å². The third kappa shape index (κ3) is 6.40. The predicted molar refractivity (Wildman–Crippen MR) is 142 cm³/mol. The minimum absolute atomic E-state index is 0.0204. The van der Waals surface area contributed by atoms with E-state index in [2.05, 4.69) is 24.1 Å². The van der Waals surface area contributed by atoms with Crippen molar-refractivity contribution in [3.63, 3.8) is 0 Å². The van der Waals surface area contributed by atoms with Crippen LogP contribution in [0.1, 0.15) is 55.8 Å². The molecule has 2 unspecified atom stereocenters. The second-order valence-electron chi connectivity index (χ2n) is 10.7. The summed E-state index contributed by atoms with van der Waals surface area (Å²) in [5.74, 6) is 0.203. The van der Waals surface area contributed by atoms with Crippen LogP contribution in [-0.2, 0) is 27.6 Å². The van der Waals surface area contributed by atoms with Crippen LogP contribution >= 0.6 is 11.3 Å². The number of benzene rings is 1. The highest BCUT2D eigenvalue weighted by Crippen LogP contribution is 2.43. The number of alkyl halides is 3. The van der Waals surface area contributed by atoms with Crippen molar-refractivity contribution in [2.75, 3.05) is 31.2 Å². The van der Waals surface area contributed by atoms with Gasteiger partial charge in [-0.1, -0.05) is 32.9 Å². The van der Waals surface area contributed by atoms with Crippen LogP contribution in [0.25, 0.3) is 0 Å². The maximum absolute atomic E-state index is 13.2. The summed E-state index contributed by atoms with van der Waals surface area (Å²) >= 11 is 1.44. The van der Waals surface area contributed by atoms with Crippen LogP contribution in [0.3, 0.4) is 0 Å². The Kier molecular flexibility index (Phi) is 8.56. The quantitative estimate of drug-likeness (QED) is 0.485. The molecule has 1 N–H and O–H groups in total. The molecule has 1 aromatic heterocycles. The zero-order valence-electron chi connectivity index (χ0n) is 22.1. The maximum atomic E-state index is 13.2. The molecule has 1 amide bonds. The molecule has 0 aliphatic carbocycles. The summed E-state index contributed by atoms with van der Waals surface area (Å²) in [6, 6.07) is 5.02. The second-order valence-corrected chi connectivity index (χ2v) is 14.0. The molecule has 210 valence electrons. The largest absolute Gasteiger partial charge is 0.404 e. The Morgan fingerprint density at radius 1 is 1.21 bits per heavy atom. The van der Waals surface area contributed by atoms with E-state index in [1.165, 1.54) is 28.4 Å². The lowest BCUT2D eigenvalue weighted by Crippen LogP contribution is -2.50. The van der Waals surface area contributed by atoms with E-state index in [9.17, 15) is 26.4 Å². The molecule has 2 aliphatic rings. The van der Waals surface area contributed by atoms with Gasteiger partial charge in [0.15, 0.2) is 15.0 Å². The highest BCUT2D eigenvalue weighted by atomic mass is 32.2. The first kappa shape index (κ1) is 29.0. The molecule has 1 saturated heterocycles. The van der Waals surface area contributed by atoms with E-state index in [4.69, 9.17) is 4.98 Å². The van der Waals surface area contributed by atoms with E-state index in [1.807, 2.05) is 0 Å². The lowest BCUT2D eigenvalue weighted by molar-refractivity contribution is -0.191. The number of rotatable bonds is 8. The van der Waals surface area contributed by atoms with Crippen molar-refractivity contribution in [3.05, 3.63) is 40.4 Å². The van der Waals surface area contributed by atoms with Gasteiger partial charge < -0.3 is 5.32 Å². The van der Waals surface area contributed by atoms with Crippen LogP contribution in [0.15, 0.2) is 29.2 Å². The summed E-state index contributed by atoms with van der Waals surface area (Å²) in [6.07, 6.45) is -3.42. The zero-order valence-corrected chi connectivity index (χ0v) is 23.7. The number of piperidine rings is 1. The van der Waals surface area contributed by atoms with Gasteiger partial charge in [-0.25, -0.2) is 13.4 Å². The van der Waals surface area contributed by atoms with Gasteiger partial charge in [0, 0.05) is 24.5 Å². The van der Waals surface area contributed by atoms with Gasteiger partial charge in [-0.15, -0.1) is 11.3 Å². The van der Waals surface area contributed by atoms with Gasteiger partial charge in [0.2, 0.25) is 5.91 Å². The van der Waals surface area contributed by atoms with E-state index < -0.39 is 22.1 Å². The average Bonchev–Trinajstić information content (AvgIpc) is 3.34. The Hall–Kier alpha value is -2.02. The number of sulfone groups is 1. The minimum Gasteiger partial charge on any atom is -0.302 e. The first-order valence-electron chi connectivity index (χ1n) is 12.9. The number of carbonyl (C=O) groups excluding carboxylic acids is 1. The molecular formula is C26H35F3N4O3S2. The number of thiazole rings is 1. The van der Waals surface area contributed by atoms with Gasteiger partial charge in [0.05, 0.1) is 28.8 Å². The fourth-order valence-corrected chi connectivity index (χ4v) is 7.52. The van der Waals surface area contributed by atoms with E-state index >= 15 is 0 Å². The number of hydrogen-bond donors (Lipinski definition) is 1. The van der Waals surface area contributed by atoms with Gasteiger partial charge in [0.25, 0.3) is 0 Å². The van der Waals surface area contributed by atoms with Gasteiger partial charge >= 0.3 is 6.18 Å². The van der Waals surface area contributed by atoms with Crippen LogP contribution < -0.4 is 5.32 Å². The van der Waals surface area contributed by atoms with E-state index in [0.717, 1.165) is 10.6 Å². The number of likely N-dealkylation sites (tertiary alicyclic amines) is 1. The molecule has 12 heteroatoms. The molecule has 1 fully saturated rings. The Morgan fingerprint density at radius 3 is 2.47 bits per heavy atom. The summed E-state index contributed by atoms with van der Waals surface area (Å²) < 4.78 is 63.7. The van der Waals surface area contributed by atoms with E-state index in [0.29, 0.717) is 36.8 Å². The summed E-state index contributed by atoms with van der Waals surface area (Å²) in [5, 5.41) is 3.40. The minimum atomic E-state index is -4.19. The number of carbonyl (C=O) groups is 1.